The van der Waals surface area contributed by atoms with E-state index in [1.54, 1.807) is 43.0 Å². The number of likely N-dealkylation sites (N-methyl/N-ethyl adjacent to an activating group) is 1. The molecule has 0 saturated heterocycles. The van der Waals surface area contributed by atoms with Crippen molar-refractivity contribution in [1.29, 1.82) is 0 Å². The molecule has 2 heterocycles. The smallest absolute Gasteiger partial charge is 0.339 e. The number of rotatable bonds is 7. The Morgan fingerprint density at radius 2 is 2.00 bits per heavy atom. The molecular formula is C24H27FN4O3. The Morgan fingerprint density at radius 3 is 2.66 bits per heavy atom. The Balaban J connectivity index is 1.53. The zero-order chi connectivity index (χ0) is 23.0. The first-order valence-corrected chi connectivity index (χ1v) is 10.8. The van der Waals surface area contributed by atoms with E-state index in [4.69, 9.17) is 9.72 Å². The summed E-state index contributed by atoms with van der Waals surface area (Å²) in [7, 11) is 1.60. The van der Waals surface area contributed by atoms with Crippen molar-refractivity contribution in [2.24, 2.45) is 0 Å². The molecule has 1 unspecified atom stereocenters. The molecule has 0 aliphatic heterocycles. The van der Waals surface area contributed by atoms with Crippen molar-refractivity contribution in [1.82, 2.24) is 19.7 Å². The van der Waals surface area contributed by atoms with Gasteiger partial charge in [0.25, 0.3) is 5.91 Å². The van der Waals surface area contributed by atoms with Crippen molar-refractivity contribution < 1.29 is 18.7 Å². The molecule has 8 heteroatoms. The van der Waals surface area contributed by atoms with E-state index in [2.05, 4.69) is 5.10 Å². The van der Waals surface area contributed by atoms with Crippen LogP contribution in [0.5, 0.6) is 0 Å². The van der Waals surface area contributed by atoms with Crippen LogP contribution in [0.2, 0.25) is 0 Å². The van der Waals surface area contributed by atoms with Crippen molar-refractivity contribution in [2.45, 2.75) is 58.2 Å². The van der Waals surface area contributed by atoms with Crippen molar-refractivity contribution >= 4 is 22.9 Å². The van der Waals surface area contributed by atoms with E-state index in [1.165, 1.54) is 17.0 Å². The average molecular weight is 439 g/mol. The topological polar surface area (TPSA) is 77.3 Å². The first kappa shape index (κ1) is 21.9. The highest BCUT2D eigenvalue weighted by molar-refractivity contribution is 6.03. The van der Waals surface area contributed by atoms with Gasteiger partial charge in [0.05, 0.1) is 17.1 Å². The predicted octanol–water partition coefficient (Wildman–Crippen LogP) is 4.23. The van der Waals surface area contributed by atoms with Crippen molar-refractivity contribution in [2.75, 3.05) is 7.05 Å². The second kappa shape index (κ2) is 8.68. The number of ether oxygens (including phenoxy) is 1. The quantitative estimate of drug-likeness (QED) is 0.516. The normalized spacial score (nSPS) is 14.6. The molecule has 0 radical (unpaired) electrons. The minimum atomic E-state index is -0.992. The minimum absolute atomic E-state index is 0.0929. The van der Waals surface area contributed by atoms with Crippen LogP contribution in [0.25, 0.3) is 11.0 Å². The van der Waals surface area contributed by atoms with E-state index in [9.17, 15) is 14.0 Å². The molecule has 1 aliphatic rings. The number of hydrogen-bond acceptors (Lipinski definition) is 5. The van der Waals surface area contributed by atoms with Gasteiger partial charge in [-0.25, -0.2) is 18.9 Å². The van der Waals surface area contributed by atoms with Gasteiger partial charge in [-0.1, -0.05) is 12.1 Å². The summed E-state index contributed by atoms with van der Waals surface area (Å²) < 4.78 is 20.8. The lowest BCUT2D eigenvalue weighted by Crippen LogP contribution is -2.37. The van der Waals surface area contributed by atoms with Crippen molar-refractivity contribution in [3.05, 3.63) is 59.2 Å². The fraction of sp³-hybridized carbons (Fsp3) is 0.417. The van der Waals surface area contributed by atoms with Crippen molar-refractivity contribution in [3.8, 4) is 0 Å². The number of esters is 1. The van der Waals surface area contributed by atoms with Gasteiger partial charge in [-0.05, 0) is 57.4 Å². The SMILES string of the molecule is CC(OC(=O)c1cc(C2CC2)nc2c1cnn2C(C)C)C(=O)N(C)Cc1cccc(F)c1. The largest absolute Gasteiger partial charge is 0.449 e. The molecule has 0 N–H and O–H groups in total. The van der Waals surface area contributed by atoms with Gasteiger partial charge < -0.3 is 9.64 Å². The minimum Gasteiger partial charge on any atom is -0.449 e. The van der Waals surface area contributed by atoms with Crippen LogP contribution < -0.4 is 0 Å². The number of pyridine rings is 1. The average Bonchev–Trinajstić information content (AvgIpc) is 3.50. The van der Waals surface area contributed by atoms with E-state index in [1.807, 2.05) is 13.8 Å². The van der Waals surface area contributed by atoms with Gasteiger partial charge in [-0.2, -0.15) is 5.10 Å². The van der Waals surface area contributed by atoms with Gasteiger partial charge in [-0.15, -0.1) is 0 Å². The lowest BCUT2D eigenvalue weighted by molar-refractivity contribution is -0.139. The number of halogens is 1. The lowest BCUT2D eigenvalue weighted by atomic mass is 10.1. The second-order valence-corrected chi connectivity index (χ2v) is 8.66. The summed E-state index contributed by atoms with van der Waals surface area (Å²) in [6, 6.07) is 7.92. The summed E-state index contributed by atoms with van der Waals surface area (Å²) in [5.74, 6) is -0.966. The summed E-state index contributed by atoms with van der Waals surface area (Å²) in [5, 5.41) is 5.01. The Kier molecular flexibility index (Phi) is 5.95. The molecule has 1 aliphatic carbocycles. The molecule has 1 amide bonds. The molecule has 1 aromatic carbocycles. The fourth-order valence-corrected chi connectivity index (χ4v) is 3.74. The number of aromatic nitrogens is 3. The molecule has 3 aromatic rings. The van der Waals surface area contributed by atoms with Crippen LogP contribution in [-0.2, 0) is 16.1 Å². The highest BCUT2D eigenvalue weighted by Gasteiger charge is 2.30. The molecule has 1 atom stereocenters. The van der Waals surface area contributed by atoms with Crippen LogP contribution in [-0.4, -0.2) is 44.7 Å². The van der Waals surface area contributed by atoms with Gasteiger partial charge in [0.1, 0.15) is 5.82 Å². The van der Waals surface area contributed by atoms with E-state index in [0.29, 0.717) is 28.1 Å². The maximum atomic E-state index is 13.4. The molecule has 168 valence electrons. The molecule has 0 bridgehead atoms. The van der Waals surface area contributed by atoms with Gasteiger partial charge in [0.2, 0.25) is 0 Å². The van der Waals surface area contributed by atoms with Crippen LogP contribution in [0.3, 0.4) is 0 Å². The number of benzene rings is 1. The molecule has 32 heavy (non-hydrogen) atoms. The van der Waals surface area contributed by atoms with E-state index in [0.717, 1.165) is 18.5 Å². The summed E-state index contributed by atoms with van der Waals surface area (Å²) in [6.07, 6.45) is 2.72. The predicted molar refractivity (Wildman–Crippen MR) is 118 cm³/mol. The van der Waals surface area contributed by atoms with E-state index >= 15 is 0 Å². The summed E-state index contributed by atoms with van der Waals surface area (Å²) in [6.45, 7) is 5.77. The number of carbonyl (C=O) groups excluding carboxylic acids is 2. The van der Waals surface area contributed by atoms with Crippen LogP contribution in [0.15, 0.2) is 36.5 Å². The Bertz CT molecular complexity index is 1170. The van der Waals surface area contributed by atoms with Crippen LogP contribution >= 0.6 is 0 Å². The molecular weight excluding hydrogens is 411 g/mol. The molecule has 1 fully saturated rings. The number of fused-ring (bicyclic) bond motifs is 1. The van der Waals surface area contributed by atoms with E-state index < -0.39 is 12.1 Å². The zero-order valence-corrected chi connectivity index (χ0v) is 18.7. The third-order valence-electron chi connectivity index (χ3n) is 5.61. The molecule has 7 nitrogen and oxygen atoms in total. The number of nitrogens with zero attached hydrogens (tertiary/aromatic N) is 4. The van der Waals surface area contributed by atoms with Gasteiger partial charge >= 0.3 is 5.97 Å². The summed E-state index contributed by atoms with van der Waals surface area (Å²) >= 11 is 0. The van der Waals surface area contributed by atoms with E-state index in [-0.39, 0.29) is 24.3 Å². The first-order chi connectivity index (χ1) is 15.2. The highest BCUT2D eigenvalue weighted by Crippen LogP contribution is 2.40. The van der Waals surface area contributed by atoms with Gasteiger partial charge in [0, 0.05) is 31.2 Å². The number of carbonyl (C=O) groups is 2. The summed E-state index contributed by atoms with van der Waals surface area (Å²) in [4.78, 5) is 32.0. The Hall–Kier alpha value is -3.29. The zero-order valence-electron chi connectivity index (χ0n) is 18.7. The molecule has 1 saturated carbocycles. The Labute approximate surface area is 186 Å². The molecule has 0 spiro atoms. The maximum Gasteiger partial charge on any atom is 0.339 e. The standard InChI is InChI=1S/C24H27FN4O3/c1-14(2)29-22-20(12-26-29)19(11-21(27-22)17-8-9-17)24(31)32-15(3)23(30)28(4)13-16-6-5-7-18(25)10-16/h5-7,10-12,14-15,17H,8-9,13H2,1-4H3. The second-order valence-electron chi connectivity index (χ2n) is 8.66. The van der Waals surface area contributed by atoms with Crippen LogP contribution in [0, 0.1) is 5.82 Å². The van der Waals surface area contributed by atoms with Crippen LogP contribution in [0.4, 0.5) is 4.39 Å². The third-order valence-corrected chi connectivity index (χ3v) is 5.61. The first-order valence-electron chi connectivity index (χ1n) is 10.8. The monoisotopic (exact) mass is 438 g/mol. The van der Waals surface area contributed by atoms with Crippen LogP contribution in [0.1, 0.15) is 67.2 Å². The maximum absolute atomic E-state index is 13.4. The highest BCUT2D eigenvalue weighted by atomic mass is 19.1. The number of amides is 1. The van der Waals surface area contributed by atoms with Crippen molar-refractivity contribution in [3.63, 3.8) is 0 Å². The Morgan fingerprint density at radius 1 is 1.25 bits per heavy atom. The van der Waals surface area contributed by atoms with Gasteiger partial charge in [-0.3, -0.25) is 4.79 Å². The van der Waals surface area contributed by atoms with Gasteiger partial charge in [0.15, 0.2) is 11.8 Å². The number of hydrogen-bond donors (Lipinski definition) is 0. The molecule has 4 rings (SSSR count). The molecule has 2 aromatic heterocycles. The third kappa shape index (κ3) is 4.49. The fourth-order valence-electron chi connectivity index (χ4n) is 3.74. The lowest BCUT2D eigenvalue weighted by Gasteiger charge is -2.22. The summed E-state index contributed by atoms with van der Waals surface area (Å²) in [5.41, 5.74) is 2.54.